The number of rotatable bonds is 7. The Balaban J connectivity index is 2.05. The van der Waals surface area contributed by atoms with Crippen molar-refractivity contribution in [2.45, 2.75) is 25.1 Å². The van der Waals surface area contributed by atoms with Gasteiger partial charge in [-0.15, -0.1) is 10.2 Å². The quantitative estimate of drug-likeness (QED) is 0.547. The van der Waals surface area contributed by atoms with Crippen LogP contribution in [0.25, 0.3) is 0 Å². The van der Waals surface area contributed by atoms with Gasteiger partial charge in [0.25, 0.3) is 0 Å². The van der Waals surface area contributed by atoms with Gasteiger partial charge >= 0.3 is 5.97 Å². The normalized spacial score (nSPS) is 12.0. The van der Waals surface area contributed by atoms with E-state index >= 15 is 0 Å². The largest absolute Gasteiger partial charge is 0.481 e. The second-order valence-corrected chi connectivity index (χ2v) is 6.18. The van der Waals surface area contributed by atoms with E-state index in [1.807, 2.05) is 0 Å². The van der Waals surface area contributed by atoms with Crippen LogP contribution in [0.2, 0.25) is 5.02 Å². The minimum atomic E-state index is -0.456. The fourth-order valence-corrected chi connectivity index (χ4v) is 2.87. The summed E-state index contributed by atoms with van der Waals surface area (Å²) in [5, 5.41) is 8.87. The number of hydrogen-bond acceptors (Lipinski definition) is 6. The van der Waals surface area contributed by atoms with Gasteiger partial charge in [0.2, 0.25) is 0 Å². The second kappa shape index (κ2) is 8.34. The van der Waals surface area contributed by atoms with Crippen molar-refractivity contribution in [3.63, 3.8) is 0 Å². The molecule has 0 bridgehead atoms. The van der Waals surface area contributed by atoms with E-state index in [0.717, 1.165) is 0 Å². The Labute approximate surface area is 148 Å². The van der Waals surface area contributed by atoms with Crippen molar-refractivity contribution >= 4 is 29.3 Å². The van der Waals surface area contributed by atoms with Gasteiger partial charge in [0, 0.05) is 7.05 Å². The summed E-state index contributed by atoms with van der Waals surface area (Å²) in [5.74, 6) is 0.320. The van der Waals surface area contributed by atoms with Gasteiger partial charge in [0.1, 0.15) is 11.6 Å². The van der Waals surface area contributed by atoms with Crippen LogP contribution < -0.4 is 4.74 Å². The van der Waals surface area contributed by atoms with Crippen LogP contribution in [0.5, 0.6) is 5.75 Å². The number of carbonyl (C=O) groups excluding carboxylic acids is 1. The average Bonchev–Trinajstić information content (AvgIpc) is 2.89. The highest BCUT2D eigenvalue weighted by Gasteiger charge is 2.19. The van der Waals surface area contributed by atoms with Gasteiger partial charge < -0.3 is 14.0 Å². The van der Waals surface area contributed by atoms with E-state index < -0.39 is 11.9 Å². The minimum absolute atomic E-state index is 0.152. The molecule has 0 amide bonds. The van der Waals surface area contributed by atoms with E-state index in [1.54, 1.807) is 25.5 Å². The fourth-order valence-electron chi connectivity index (χ4n) is 1.95. The molecule has 1 heterocycles. The molecule has 1 unspecified atom stereocenters. The van der Waals surface area contributed by atoms with Crippen LogP contribution in [0.1, 0.15) is 25.8 Å². The van der Waals surface area contributed by atoms with Gasteiger partial charge in [-0.3, -0.25) is 4.79 Å². The van der Waals surface area contributed by atoms with E-state index in [-0.39, 0.29) is 16.7 Å². The van der Waals surface area contributed by atoms with Crippen LogP contribution in [-0.4, -0.2) is 33.1 Å². The summed E-state index contributed by atoms with van der Waals surface area (Å²) in [4.78, 5) is 11.4. The standard InChI is InChI=1S/C15H17ClFN3O3S/c1-4-22-13(21)8-24-15-19-18-14(20(15)3)9(2)23-12-6-5-10(17)7-11(12)16/h5-7,9H,4,8H2,1-3H3. The van der Waals surface area contributed by atoms with Crippen molar-refractivity contribution < 1.29 is 18.7 Å². The maximum Gasteiger partial charge on any atom is 0.316 e. The summed E-state index contributed by atoms with van der Waals surface area (Å²) in [6.07, 6.45) is -0.456. The first-order chi connectivity index (χ1) is 11.4. The molecule has 1 aromatic heterocycles. The third kappa shape index (κ3) is 4.61. The fraction of sp³-hybridized carbons (Fsp3) is 0.400. The lowest BCUT2D eigenvalue weighted by molar-refractivity contribution is -0.139. The third-order valence-electron chi connectivity index (χ3n) is 3.05. The van der Waals surface area contributed by atoms with Crippen LogP contribution in [-0.2, 0) is 16.6 Å². The summed E-state index contributed by atoms with van der Waals surface area (Å²) in [6.45, 7) is 3.87. The van der Waals surface area contributed by atoms with Crippen molar-refractivity contribution in [1.82, 2.24) is 14.8 Å². The number of benzene rings is 1. The van der Waals surface area contributed by atoms with Gasteiger partial charge in [-0.1, -0.05) is 23.4 Å². The molecule has 6 nitrogen and oxygen atoms in total. The van der Waals surface area contributed by atoms with Crippen LogP contribution in [0.15, 0.2) is 23.4 Å². The molecule has 0 N–H and O–H groups in total. The van der Waals surface area contributed by atoms with Crippen LogP contribution >= 0.6 is 23.4 Å². The molecule has 0 fully saturated rings. The van der Waals surface area contributed by atoms with E-state index in [1.165, 1.54) is 30.0 Å². The number of ether oxygens (including phenoxy) is 2. The number of hydrogen-bond donors (Lipinski definition) is 0. The molecule has 9 heteroatoms. The van der Waals surface area contributed by atoms with Crippen LogP contribution in [0.4, 0.5) is 4.39 Å². The molecule has 0 aliphatic carbocycles. The molecule has 24 heavy (non-hydrogen) atoms. The highest BCUT2D eigenvalue weighted by molar-refractivity contribution is 7.99. The summed E-state index contributed by atoms with van der Waals surface area (Å²) in [6, 6.07) is 3.91. The van der Waals surface area contributed by atoms with E-state index in [0.29, 0.717) is 23.3 Å². The van der Waals surface area contributed by atoms with E-state index in [2.05, 4.69) is 10.2 Å². The third-order valence-corrected chi connectivity index (χ3v) is 4.34. The molecule has 1 aromatic carbocycles. The zero-order valence-electron chi connectivity index (χ0n) is 13.5. The summed E-state index contributed by atoms with van der Waals surface area (Å²) >= 11 is 7.19. The maximum atomic E-state index is 13.1. The van der Waals surface area contributed by atoms with Crippen molar-refractivity contribution in [3.05, 3.63) is 34.9 Å². The number of esters is 1. The van der Waals surface area contributed by atoms with Gasteiger partial charge in [0.15, 0.2) is 17.1 Å². The van der Waals surface area contributed by atoms with Crippen LogP contribution in [0, 0.1) is 5.82 Å². The monoisotopic (exact) mass is 373 g/mol. The molecule has 130 valence electrons. The van der Waals surface area contributed by atoms with Gasteiger partial charge in [-0.25, -0.2) is 4.39 Å². The predicted molar refractivity (Wildman–Crippen MR) is 88.8 cm³/mol. The van der Waals surface area contributed by atoms with Crippen LogP contribution in [0.3, 0.4) is 0 Å². The SMILES string of the molecule is CCOC(=O)CSc1nnc(C(C)Oc2ccc(F)cc2Cl)n1C. The average molecular weight is 374 g/mol. The molecular formula is C15H17ClFN3O3S. The maximum absolute atomic E-state index is 13.1. The highest BCUT2D eigenvalue weighted by atomic mass is 35.5. The number of aromatic nitrogens is 3. The summed E-state index contributed by atoms with van der Waals surface area (Å²) in [5.41, 5.74) is 0. The lowest BCUT2D eigenvalue weighted by Crippen LogP contribution is -2.11. The van der Waals surface area contributed by atoms with Crippen molar-refractivity contribution in [3.8, 4) is 5.75 Å². The Morgan fingerprint density at radius 3 is 2.88 bits per heavy atom. The number of carbonyl (C=O) groups is 1. The molecule has 2 rings (SSSR count). The predicted octanol–water partition coefficient (Wildman–Crippen LogP) is 3.40. The smallest absolute Gasteiger partial charge is 0.316 e. The molecule has 0 radical (unpaired) electrons. The molecule has 1 atom stereocenters. The number of thioether (sulfide) groups is 1. The molecule has 0 saturated carbocycles. The Bertz CT molecular complexity index is 726. The zero-order valence-corrected chi connectivity index (χ0v) is 15.0. The van der Waals surface area contributed by atoms with Gasteiger partial charge in [-0.05, 0) is 32.0 Å². The highest BCUT2D eigenvalue weighted by Crippen LogP contribution is 2.29. The van der Waals surface area contributed by atoms with Gasteiger partial charge in [0.05, 0.1) is 17.4 Å². The van der Waals surface area contributed by atoms with Crippen molar-refractivity contribution in [1.29, 1.82) is 0 Å². The molecule has 0 saturated heterocycles. The molecular weight excluding hydrogens is 357 g/mol. The zero-order chi connectivity index (χ0) is 17.7. The molecule has 0 aliphatic heterocycles. The summed E-state index contributed by atoms with van der Waals surface area (Å²) < 4.78 is 25.4. The number of halogens is 2. The van der Waals surface area contributed by atoms with Gasteiger partial charge in [-0.2, -0.15) is 0 Å². The Morgan fingerprint density at radius 2 is 2.21 bits per heavy atom. The topological polar surface area (TPSA) is 66.2 Å². The van der Waals surface area contributed by atoms with E-state index in [9.17, 15) is 9.18 Å². The summed E-state index contributed by atoms with van der Waals surface area (Å²) in [7, 11) is 1.77. The lowest BCUT2D eigenvalue weighted by atomic mass is 10.3. The molecule has 0 aliphatic rings. The van der Waals surface area contributed by atoms with E-state index in [4.69, 9.17) is 21.1 Å². The number of nitrogens with zero attached hydrogens (tertiary/aromatic N) is 3. The lowest BCUT2D eigenvalue weighted by Gasteiger charge is -2.15. The molecule has 2 aromatic rings. The molecule has 0 spiro atoms. The van der Waals surface area contributed by atoms with Crippen molar-refractivity contribution in [2.75, 3.05) is 12.4 Å². The first-order valence-electron chi connectivity index (χ1n) is 7.21. The Kier molecular flexibility index (Phi) is 6.44. The first kappa shape index (κ1) is 18.5. The minimum Gasteiger partial charge on any atom is -0.481 e. The van der Waals surface area contributed by atoms with Crippen molar-refractivity contribution in [2.24, 2.45) is 7.05 Å². The second-order valence-electron chi connectivity index (χ2n) is 4.83. The first-order valence-corrected chi connectivity index (χ1v) is 8.58. The Morgan fingerprint density at radius 1 is 1.46 bits per heavy atom. The Hall–Kier alpha value is -1.80.